The summed E-state index contributed by atoms with van der Waals surface area (Å²) in [6.07, 6.45) is 1.87. The van der Waals surface area contributed by atoms with Crippen LogP contribution in [-0.4, -0.2) is 38.1 Å². The van der Waals surface area contributed by atoms with Crippen molar-refractivity contribution in [1.82, 2.24) is 16.0 Å². The highest BCUT2D eigenvalue weighted by molar-refractivity contribution is 6.06. The highest BCUT2D eigenvalue weighted by atomic mass is 16.2. The molecule has 1 fully saturated rings. The first-order chi connectivity index (χ1) is 10.2. The van der Waals surface area contributed by atoms with Crippen molar-refractivity contribution in [3.05, 3.63) is 29.8 Å². The fourth-order valence-corrected chi connectivity index (χ4v) is 3.13. The van der Waals surface area contributed by atoms with Crippen LogP contribution < -0.4 is 20.9 Å². The number of nitrogens with one attached hydrogen (secondary N) is 3. The Hall–Kier alpha value is -2.08. The molecule has 1 aromatic carbocycles. The molecule has 1 saturated heterocycles. The maximum Gasteiger partial charge on any atom is 0.315 e. The van der Waals surface area contributed by atoms with Crippen LogP contribution in [0.2, 0.25) is 0 Å². The lowest BCUT2D eigenvalue weighted by atomic mass is 10.0. The van der Waals surface area contributed by atoms with Crippen molar-refractivity contribution < 1.29 is 9.59 Å². The normalized spacial score (nSPS) is 22.0. The molecule has 1 atom stereocenters. The Balaban J connectivity index is 1.91. The van der Waals surface area contributed by atoms with Gasteiger partial charge >= 0.3 is 6.03 Å². The molecule has 0 bridgehead atoms. The Labute approximate surface area is 123 Å². The zero-order chi connectivity index (χ0) is 14.8. The van der Waals surface area contributed by atoms with Crippen molar-refractivity contribution in [3.63, 3.8) is 0 Å². The van der Waals surface area contributed by atoms with Crippen molar-refractivity contribution in [2.75, 3.05) is 25.0 Å². The van der Waals surface area contributed by atoms with E-state index in [4.69, 9.17) is 0 Å². The largest absolute Gasteiger partial charge is 0.341 e. The number of piperidine rings is 1. The summed E-state index contributed by atoms with van der Waals surface area (Å²) in [6, 6.07) is 6.98. The number of benzene rings is 1. The summed E-state index contributed by atoms with van der Waals surface area (Å²) in [4.78, 5) is 26.3. The first kappa shape index (κ1) is 13.9. The summed E-state index contributed by atoms with van der Waals surface area (Å²) in [7, 11) is 1.55. The maximum atomic E-state index is 12.8. The number of nitrogens with zero attached hydrogens (tertiary/aromatic N) is 1. The monoisotopic (exact) mass is 288 g/mol. The molecule has 21 heavy (non-hydrogen) atoms. The predicted molar refractivity (Wildman–Crippen MR) is 80.2 cm³/mol. The van der Waals surface area contributed by atoms with Crippen LogP contribution in [0.5, 0.6) is 0 Å². The molecule has 0 radical (unpaired) electrons. The zero-order valence-electron chi connectivity index (χ0n) is 12.1. The number of amides is 3. The summed E-state index contributed by atoms with van der Waals surface area (Å²) in [5.41, 5.74) is 1.81. The van der Waals surface area contributed by atoms with Crippen LogP contribution in [0, 0.1) is 0 Å². The number of carbonyl (C=O) groups excluding carboxylic acids is 2. The Morgan fingerprint density at radius 3 is 2.71 bits per heavy atom. The number of hydrogen-bond acceptors (Lipinski definition) is 3. The molecule has 1 aromatic rings. The van der Waals surface area contributed by atoms with Crippen LogP contribution in [0.4, 0.5) is 10.5 Å². The second-order valence-electron chi connectivity index (χ2n) is 5.40. The quantitative estimate of drug-likeness (QED) is 0.752. The molecule has 0 spiro atoms. The van der Waals surface area contributed by atoms with E-state index in [2.05, 4.69) is 16.0 Å². The van der Waals surface area contributed by atoms with Crippen LogP contribution in [-0.2, 0) is 4.79 Å². The van der Waals surface area contributed by atoms with Gasteiger partial charge in [-0.2, -0.15) is 0 Å². The molecule has 112 valence electrons. The van der Waals surface area contributed by atoms with E-state index in [1.54, 1.807) is 7.05 Å². The number of anilines is 1. The first-order valence-corrected chi connectivity index (χ1v) is 7.33. The van der Waals surface area contributed by atoms with Crippen LogP contribution in [0.1, 0.15) is 24.4 Å². The van der Waals surface area contributed by atoms with Gasteiger partial charge in [-0.05, 0) is 32.0 Å². The van der Waals surface area contributed by atoms with Gasteiger partial charge in [0.2, 0.25) is 0 Å². The van der Waals surface area contributed by atoms with Gasteiger partial charge in [-0.25, -0.2) is 4.79 Å². The van der Waals surface area contributed by atoms with Gasteiger partial charge in [0, 0.05) is 24.3 Å². The third-order valence-corrected chi connectivity index (χ3v) is 4.17. The molecule has 3 N–H and O–H groups in total. The van der Waals surface area contributed by atoms with E-state index < -0.39 is 6.04 Å². The highest BCUT2D eigenvalue weighted by Crippen LogP contribution is 2.38. The van der Waals surface area contributed by atoms with Crippen LogP contribution >= 0.6 is 0 Å². The van der Waals surface area contributed by atoms with E-state index in [9.17, 15) is 9.59 Å². The fraction of sp³-hybridized carbons (Fsp3) is 0.467. The van der Waals surface area contributed by atoms with E-state index in [0.717, 1.165) is 37.2 Å². The van der Waals surface area contributed by atoms with Crippen molar-refractivity contribution >= 4 is 17.6 Å². The summed E-state index contributed by atoms with van der Waals surface area (Å²) in [5.74, 6) is -0.0355. The smallest absolute Gasteiger partial charge is 0.315 e. The van der Waals surface area contributed by atoms with E-state index >= 15 is 0 Å². The van der Waals surface area contributed by atoms with Gasteiger partial charge in [0.15, 0.2) is 0 Å². The van der Waals surface area contributed by atoms with Gasteiger partial charge in [-0.1, -0.05) is 18.2 Å². The lowest BCUT2D eigenvalue weighted by molar-refractivity contribution is -0.120. The second kappa shape index (κ2) is 5.73. The molecule has 3 amide bonds. The molecule has 6 heteroatoms. The van der Waals surface area contributed by atoms with Gasteiger partial charge < -0.3 is 20.9 Å². The summed E-state index contributed by atoms with van der Waals surface area (Å²) in [5, 5.41) is 8.57. The number of urea groups is 1. The molecule has 0 aliphatic carbocycles. The molecular formula is C15H20N4O2. The van der Waals surface area contributed by atoms with Crippen molar-refractivity contribution in [3.8, 4) is 0 Å². The van der Waals surface area contributed by atoms with Gasteiger partial charge in [0.1, 0.15) is 6.04 Å². The Kier molecular flexibility index (Phi) is 3.79. The van der Waals surface area contributed by atoms with E-state index in [0.29, 0.717) is 0 Å². The number of carbonyl (C=O) groups is 2. The predicted octanol–water partition coefficient (Wildman–Crippen LogP) is 0.755. The lowest BCUT2D eigenvalue weighted by Crippen LogP contribution is -2.47. The third kappa shape index (κ3) is 2.47. The zero-order valence-corrected chi connectivity index (χ0v) is 12.1. The summed E-state index contributed by atoms with van der Waals surface area (Å²) < 4.78 is 0. The summed E-state index contributed by atoms with van der Waals surface area (Å²) in [6.45, 7) is 1.84. The number of hydrogen-bond donors (Lipinski definition) is 3. The average Bonchev–Trinajstić information content (AvgIpc) is 2.80. The first-order valence-electron chi connectivity index (χ1n) is 7.33. The van der Waals surface area contributed by atoms with E-state index in [1.165, 1.54) is 0 Å². The standard InChI is InChI=1S/C15H20N4O2/c1-16-15(21)18-13-11-4-2-3-5-12(11)19(14(13)20)10-6-8-17-9-7-10/h2-5,10,13,17H,6-9H2,1H3,(H2,16,18,21). The van der Waals surface area contributed by atoms with Gasteiger partial charge in [-0.15, -0.1) is 0 Å². The second-order valence-corrected chi connectivity index (χ2v) is 5.40. The third-order valence-electron chi connectivity index (χ3n) is 4.17. The molecule has 1 unspecified atom stereocenters. The maximum absolute atomic E-state index is 12.8. The molecule has 0 saturated carbocycles. The molecule has 2 aliphatic rings. The Bertz CT molecular complexity index is 554. The summed E-state index contributed by atoms with van der Waals surface area (Å²) >= 11 is 0. The number of para-hydroxylation sites is 1. The van der Waals surface area contributed by atoms with Crippen LogP contribution in [0.25, 0.3) is 0 Å². The highest BCUT2D eigenvalue weighted by Gasteiger charge is 2.41. The Morgan fingerprint density at radius 1 is 1.29 bits per heavy atom. The molecule has 6 nitrogen and oxygen atoms in total. The van der Waals surface area contributed by atoms with Crippen molar-refractivity contribution in [2.45, 2.75) is 24.9 Å². The van der Waals surface area contributed by atoms with Gasteiger partial charge in [0.25, 0.3) is 5.91 Å². The van der Waals surface area contributed by atoms with Crippen LogP contribution in [0.15, 0.2) is 24.3 Å². The van der Waals surface area contributed by atoms with Crippen molar-refractivity contribution in [1.29, 1.82) is 0 Å². The van der Waals surface area contributed by atoms with Gasteiger partial charge in [-0.3, -0.25) is 4.79 Å². The molecule has 2 heterocycles. The van der Waals surface area contributed by atoms with Crippen LogP contribution in [0.3, 0.4) is 0 Å². The number of fused-ring (bicyclic) bond motifs is 1. The minimum Gasteiger partial charge on any atom is -0.341 e. The van der Waals surface area contributed by atoms with E-state index in [-0.39, 0.29) is 18.0 Å². The Morgan fingerprint density at radius 2 is 2.00 bits per heavy atom. The van der Waals surface area contributed by atoms with Crippen molar-refractivity contribution in [2.24, 2.45) is 0 Å². The minimum absolute atomic E-state index is 0.0355. The minimum atomic E-state index is -0.587. The fourth-order valence-electron chi connectivity index (χ4n) is 3.13. The SMILES string of the molecule is CNC(=O)NC1C(=O)N(C2CCNCC2)c2ccccc21. The molecule has 2 aliphatic heterocycles. The topological polar surface area (TPSA) is 73.5 Å². The molecule has 3 rings (SSSR count). The lowest BCUT2D eigenvalue weighted by Gasteiger charge is -2.32. The van der Waals surface area contributed by atoms with Gasteiger partial charge in [0.05, 0.1) is 0 Å². The average molecular weight is 288 g/mol. The molecular weight excluding hydrogens is 268 g/mol. The number of rotatable bonds is 2. The van der Waals surface area contributed by atoms with E-state index in [1.807, 2.05) is 29.2 Å². The molecule has 0 aromatic heterocycles.